The van der Waals surface area contributed by atoms with Gasteiger partial charge in [-0.1, -0.05) is 18.2 Å². The molecule has 0 radical (unpaired) electrons. The first-order chi connectivity index (χ1) is 7.16. The van der Waals surface area contributed by atoms with Crippen molar-refractivity contribution in [1.82, 2.24) is 4.98 Å². The van der Waals surface area contributed by atoms with Crippen LogP contribution < -0.4 is 5.32 Å². The standard InChI is InChI=1S/C11H9BrN2O/c1-7(15)13-11-6-9(12)8-4-2-3-5-10(8)14-11/h2-6H,1H3,(H,13,14,15). The first-order valence-corrected chi connectivity index (χ1v) is 5.29. The van der Waals surface area contributed by atoms with Gasteiger partial charge in [0.1, 0.15) is 5.82 Å². The number of amides is 1. The van der Waals surface area contributed by atoms with Gasteiger partial charge in [-0.15, -0.1) is 0 Å². The molecule has 0 aliphatic heterocycles. The monoisotopic (exact) mass is 264 g/mol. The topological polar surface area (TPSA) is 42.0 Å². The number of carbonyl (C=O) groups excluding carboxylic acids is 1. The van der Waals surface area contributed by atoms with Crippen molar-refractivity contribution >= 4 is 38.6 Å². The summed E-state index contributed by atoms with van der Waals surface area (Å²) in [7, 11) is 0. The van der Waals surface area contributed by atoms with Crippen LogP contribution >= 0.6 is 15.9 Å². The van der Waals surface area contributed by atoms with Gasteiger partial charge >= 0.3 is 0 Å². The second kappa shape index (κ2) is 3.98. The average Bonchev–Trinajstić information content (AvgIpc) is 2.16. The van der Waals surface area contributed by atoms with Crippen molar-refractivity contribution in [2.75, 3.05) is 5.32 Å². The molecule has 1 aromatic carbocycles. The number of pyridine rings is 1. The summed E-state index contributed by atoms with van der Waals surface area (Å²) in [6.07, 6.45) is 0. The second-order valence-corrected chi connectivity index (χ2v) is 4.04. The SMILES string of the molecule is CC(=O)Nc1cc(Br)c2ccccc2n1. The minimum atomic E-state index is -0.121. The van der Waals surface area contributed by atoms with Gasteiger partial charge in [0, 0.05) is 16.8 Å². The van der Waals surface area contributed by atoms with Gasteiger partial charge in [-0.25, -0.2) is 4.98 Å². The largest absolute Gasteiger partial charge is 0.311 e. The number of nitrogens with one attached hydrogen (secondary N) is 1. The van der Waals surface area contributed by atoms with Crippen LogP contribution in [-0.4, -0.2) is 10.9 Å². The molecular formula is C11H9BrN2O. The Hall–Kier alpha value is -1.42. The first kappa shape index (κ1) is 10.1. The number of fused-ring (bicyclic) bond motifs is 1. The van der Waals surface area contributed by atoms with Crippen LogP contribution in [0.25, 0.3) is 10.9 Å². The summed E-state index contributed by atoms with van der Waals surface area (Å²) in [6, 6.07) is 9.55. The Morgan fingerprint density at radius 2 is 2.13 bits per heavy atom. The van der Waals surface area contributed by atoms with Crippen molar-refractivity contribution in [3.63, 3.8) is 0 Å². The first-order valence-electron chi connectivity index (χ1n) is 4.50. The Morgan fingerprint density at radius 1 is 1.40 bits per heavy atom. The zero-order valence-corrected chi connectivity index (χ0v) is 9.71. The van der Waals surface area contributed by atoms with Gasteiger partial charge in [-0.2, -0.15) is 0 Å². The van der Waals surface area contributed by atoms with Crippen LogP contribution in [0.1, 0.15) is 6.92 Å². The quantitative estimate of drug-likeness (QED) is 0.861. The molecule has 4 heteroatoms. The van der Waals surface area contributed by atoms with E-state index in [0.717, 1.165) is 15.4 Å². The van der Waals surface area contributed by atoms with E-state index >= 15 is 0 Å². The van der Waals surface area contributed by atoms with Crippen molar-refractivity contribution < 1.29 is 4.79 Å². The highest BCUT2D eigenvalue weighted by atomic mass is 79.9. The van der Waals surface area contributed by atoms with E-state index in [0.29, 0.717) is 5.82 Å². The van der Waals surface area contributed by atoms with Gasteiger partial charge in [-0.3, -0.25) is 4.79 Å². The van der Waals surface area contributed by atoms with E-state index in [9.17, 15) is 4.79 Å². The van der Waals surface area contributed by atoms with Crippen LogP contribution in [0.3, 0.4) is 0 Å². The van der Waals surface area contributed by atoms with Crippen LogP contribution in [0.5, 0.6) is 0 Å². The van der Waals surface area contributed by atoms with Crippen molar-refractivity contribution in [3.05, 3.63) is 34.8 Å². The maximum atomic E-state index is 10.9. The summed E-state index contributed by atoms with van der Waals surface area (Å²) in [5.74, 6) is 0.442. The molecule has 1 N–H and O–H groups in total. The molecule has 1 aromatic heterocycles. The lowest BCUT2D eigenvalue weighted by Crippen LogP contribution is -2.07. The lowest BCUT2D eigenvalue weighted by Gasteiger charge is -2.05. The predicted molar refractivity (Wildman–Crippen MR) is 63.7 cm³/mol. The van der Waals surface area contributed by atoms with E-state index in [1.807, 2.05) is 24.3 Å². The van der Waals surface area contributed by atoms with Crippen LogP contribution in [0.15, 0.2) is 34.8 Å². The zero-order chi connectivity index (χ0) is 10.8. The summed E-state index contributed by atoms with van der Waals surface area (Å²) < 4.78 is 0.928. The maximum absolute atomic E-state index is 10.9. The Bertz CT molecular complexity index is 525. The molecule has 0 atom stereocenters. The Morgan fingerprint density at radius 3 is 2.87 bits per heavy atom. The van der Waals surface area contributed by atoms with E-state index in [1.54, 1.807) is 6.07 Å². The van der Waals surface area contributed by atoms with Gasteiger partial charge in [-0.05, 0) is 28.1 Å². The third-order valence-corrected chi connectivity index (χ3v) is 2.63. The summed E-state index contributed by atoms with van der Waals surface area (Å²) in [5.41, 5.74) is 0.857. The number of hydrogen-bond donors (Lipinski definition) is 1. The molecule has 0 fully saturated rings. The molecule has 0 aliphatic rings. The molecule has 76 valence electrons. The summed E-state index contributed by atoms with van der Waals surface area (Å²) in [4.78, 5) is 15.2. The fourth-order valence-corrected chi connectivity index (χ4v) is 1.93. The highest BCUT2D eigenvalue weighted by molar-refractivity contribution is 9.10. The number of halogens is 1. The van der Waals surface area contributed by atoms with Crippen molar-refractivity contribution in [2.24, 2.45) is 0 Å². The number of benzene rings is 1. The number of anilines is 1. The molecule has 0 unspecified atom stereocenters. The van der Waals surface area contributed by atoms with Gasteiger partial charge < -0.3 is 5.32 Å². The number of para-hydroxylation sites is 1. The fourth-order valence-electron chi connectivity index (χ4n) is 1.38. The molecular weight excluding hydrogens is 256 g/mol. The van der Waals surface area contributed by atoms with E-state index in [2.05, 4.69) is 26.2 Å². The second-order valence-electron chi connectivity index (χ2n) is 3.19. The number of hydrogen-bond acceptors (Lipinski definition) is 2. The Balaban J connectivity index is 2.57. The Labute approximate surface area is 95.6 Å². The summed E-state index contributed by atoms with van der Waals surface area (Å²) in [6.45, 7) is 1.46. The molecule has 0 saturated carbocycles. The van der Waals surface area contributed by atoms with Crippen LogP contribution in [0, 0.1) is 0 Å². The molecule has 2 aromatic rings. The van der Waals surface area contributed by atoms with Crippen LogP contribution in [-0.2, 0) is 4.79 Å². The van der Waals surface area contributed by atoms with Gasteiger partial charge in [0.15, 0.2) is 0 Å². The summed E-state index contributed by atoms with van der Waals surface area (Å²) in [5, 5.41) is 3.69. The number of nitrogens with zero attached hydrogens (tertiary/aromatic N) is 1. The number of rotatable bonds is 1. The Kier molecular flexibility index (Phi) is 2.68. The van der Waals surface area contributed by atoms with E-state index in [4.69, 9.17) is 0 Å². The molecule has 0 bridgehead atoms. The molecule has 1 amide bonds. The summed E-state index contributed by atoms with van der Waals surface area (Å²) >= 11 is 3.45. The highest BCUT2D eigenvalue weighted by Gasteiger charge is 2.03. The lowest BCUT2D eigenvalue weighted by atomic mass is 10.2. The normalized spacial score (nSPS) is 10.3. The minimum Gasteiger partial charge on any atom is -0.311 e. The van der Waals surface area contributed by atoms with Crippen molar-refractivity contribution in [3.8, 4) is 0 Å². The zero-order valence-electron chi connectivity index (χ0n) is 8.12. The van der Waals surface area contributed by atoms with E-state index in [-0.39, 0.29) is 5.91 Å². The fraction of sp³-hybridized carbons (Fsp3) is 0.0909. The minimum absolute atomic E-state index is 0.121. The molecule has 1 heterocycles. The van der Waals surface area contributed by atoms with Gasteiger partial charge in [0.25, 0.3) is 0 Å². The average molecular weight is 265 g/mol. The van der Waals surface area contributed by atoms with Gasteiger partial charge in [0.05, 0.1) is 5.52 Å². The lowest BCUT2D eigenvalue weighted by molar-refractivity contribution is -0.114. The van der Waals surface area contributed by atoms with E-state index < -0.39 is 0 Å². The predicted octanol–water partition coefficient (Wildman–Crippen LogP) is 2.96. The molecule has 3 nitrogen and oxygen atoms in total. The molecule has 2 rings (SSSR count). The van der Waals surface area contributed by atoms with Gasteiger partial charge in [0.2, 0.25) is 5.91 Å². The molecule has 0 saturated heterocycles. The molecule has 15 heavy (non-hydrogen) atoms. The van der Waals surface area contributed by atoms with Crippen molar-refractivity contribution in [1.29, 1.82) is 0 Å². The number of carbonyl (C=O) groups is 1. The highest BCUT2D eigenvalue weighted by Crippen LogP contribution is 2.25. The van der Waals surface area contributed by atoms with E-state index in [1.165, 1.54) is 6.92 Å². The van der Waals surface area contributed by atoms with Crippen molar-refractivity contribution in [2.45, 2.75) is 6.92 Å². The number of aromatic nitrogens is 1. The molecule has 0 aliphatic carbocycles. The molecule has 0 spiro atoms. The smallest absolute Gasteiger partial charge is 0.222 e. The third-order valence-electron chi connectivity index (χ3n) is 1.97. The van der Waals surface area contributed by atoms with Crippen LogP contribution in [0.4, 0.5) is 5.82 Å². The maximum Gasteiger partial charge on any atom is 0.222 e. The van der Waals surface area contributed by atoms with Crippen LogP contribution in [0.2, 0.25) is 0 Å². The third kappa shape index (κ3) is 2.15.